The molecule has 0 fully saturated rings. The van der Waals surface area contributed by atoms with Crippen LogP contribution >= 0.6 is 15.9 Å². The minimum Gasteiger partial charge on any atom is -0.367 e. The summed E-state index contributed by atoms with van der Waals surface area (Å²) >= 11 is 3.50. The molecule has 3 heteroatoms. The lowest BCUT2D eigenvalue weighted by atomic mass is 9.98. The van der Waals surface area contributed by atoms with Crippen molar-refractivity contribution >= 4 is 21.6 Å². The van der Waals surface area contributed by atoms with E-state index >= 15 is 0 Å². The second-order valence-corrected chi connectivity index (χ2v) is 4.98. The molecular weight excluding hydrogens is 252 g/mol. The smallest absolute Gasteiger partial charge is 0.0878 e. The molecule has 1 heterocycles. The number of benzene rings is 1. The Labute approximate surface area is 99.6 Å². The molecule has 2 rings (SSSR count). The van der Waals surface area contributed by atoms with Crippen LogP contribution in [0.25, 0.3) is 0 Å². The Morgan fingerprint density at radius 2 is 2.07 bits per heavy atom. The fraction of sp³-hybridized carbons (Fsp3) is 0.500. The zero-order valence-electron chi connectivity index (χ0n) is 9.23. The van der Waals surface area contributed by atoms with Crippen LogP contribution in [0.15, 0.2) is 22.7 Å². The van der Waals surface area contributed by atoms with Crippen molar-refractivity contribution in [3.05, 3.63) is 28.2 Å². The monoisotopic (exact) mass is 268 g/mol. The highest BCUT2D eigenvalue weighted by molar-refractivity contribution is 9.10. The van der Waals surface area contributed by atoms with Gasteiger partial charge in [-0.15, -0.1) is 0 Å². The van der Waals surface area contributed by atoms with Crippen LogP contribution in [0.3, 0.4) is 0 Å². The van der Waals surface area contributed by atoms with Crippen molar-refractivity contribution in [1.29, 1.82) is 0 Å². The topological polar surface area (TPSA) is 24.1 Å². The van der Waals surface area contributed by atoms with Gasteiger partial charge in [0.15, 0.2) is 0 Å². The lowest BCUT2D eigenvalue weighted by Gasteiger charge is -2.40. The molecule has 2 nitrogen and oxygen atoms in total. The molecule has 1 aromatic carbocycles. The second kappa shape index (κ2) is 4.14. The largest absolute Gasteiger partial charge is 0.367 e. The normalized spacial score (nSPS) is 18.1. The SMILES string of the molecule is CCC1(CC)NCc2cc(Br)ccc2N1. The summed E-state index contributed by atoms with van der Waals surface area (Å²) in [5.41, 5.74) is 2.68. The molecule has 1 aromatic rings. The molecule has 0 bridgehead atoms. The summed E-state index contributed by atoms with van der Waals surface area (Å²) in [5, 5.41) is 7.19. The molecule has 0 unspecified atom stereocenters. The maximum atomic E-state index is 3.61. The van der Waals surface area contributed by atoms with E-state index in [2.05, 4.69) is 58.6 Å². The number of halogens is 1. The Kier molecular flexibility index (Phi) is 3.03. The molecule has 1 aliphatic rings. The standard InChI is InChI=1S/C12H17BrN2/c1-3-12(4-2)14-8-9-7-10(13)5-6-11(9)15-12/h5-7,14-15H,3-4,8H2,1-2H3. The quantitative estimate of drug-likeness (QED) is 0.858. The maximum Gasteiger partial charge on any atom is 0.0878 e. The molecule has 82 valence electrons. The highest BCUT2D eigenvalue weighted by atomic mass is 79.9. The van der Waals surface area contributed by atoms with E-state index in [4.69, 9.17) is 0 Å². The first kappa shape index (κ1) is 11.0. The number of anilines is 1. The molecule has 0 amide bonds. The Morgan fingerprint density at radius 1 is 1.33 bits per heavy atom. The lowest BCUT2D eigenvalue weighted by molar-refractivity contribution is 0.331. The molecule has 0 aromatic heterocycles. The Hall–Kier alpha value is -0.540. The van der Waals surface area contributed by atoms with Gasteiger partial charge in [0.05, 0.1) is 5.66 Å². The van der Waals surface area contributed by atoms with Crippen LogP contribution in [0.1, 0.15) is 32.3 Å². The molecule has 15 heavy (non-hydrogen) atoms. The van der Waals surface area contributed by atoms with Gasteiger partial charge in [-0.25, -0.2) is 0 Å². The van der Waals surface area contributed by atoms with Crippen LogP contribution in [0.5, 0.6) is 0 Å². The predicted molar refractivity (Wildman–Crippen MR) is 67.9 cm³/mol. The summed E-state index contributed by atoms with van der Waals surface area (Å²) in [7, 11) is 0. The summed E-state index contributed by atoms with van der Waals surface area (Å²) in [6.45, 7) is 5.38. The second-order valence-electron chi connectivity index (χ2n) is 4.07. The molecule has 2 N–H and O–H groups in total. The van der Waals surface area contributed by atoms with Gasteiger partial charge in [-0.3, -0.25) is 5.32 Å². The van der Waals surface area contributed by atoms with Gasteiger partial charge in [-0.2, -0.15) is 0 Å². The van der Waals surface area contributed by atoms with Crippen molar-refractivity contribution in [3.8, 4) is 0 Å². The van der Waals surface area contributed by atoms with Crippen molar-refractivity contribution in [3.63, 3.8) is 0 Å². The van der Waals surface area contributed by atoms with Crippen molar-refractivity contribution in [2.75, 3.05) is 5.32 Å². The van der Waals surface area contributed by atoms with Gasteiger partial charge < -0.3 is 5.32 Å². The third-order valence-corrected chi connectivity index (χ3v) is 3.76. The van der Waals surface area contributed by atoms with E-state index in [-0.39, 0.29) is 5.66 Å². The average molecular weight is 269 g/mol. The Bertz CT molecular complexity index is 359. The fourth-order valence-corrected chi connectivity index (χ4v) is 2.48. The van der Waals surface area contributed by atoms with Gasteiger partial charge in [0.1, 0.15) is 0 Å². The first-order valence-corrected chi connectivity index (χ1v) is 6.30. The molecule has 0 saturated carbocycles. The number of hydrogen-bond donors (Lipinski definition) is 2. The molecular formula is C12H17BrN2. The van der Waals surface area contributed by atoms with E-state index in [1.165, 1.54) is 11.3 Å². The van der Waals surface area contributed by atoms with E-state index in [0.717, 1.165) is 23.9 Å². The Balaban J connectivity index is 2.30. The van der Waals surface area contributed by atoms with Crippen LogP contribution in [-0.4, -0.2) is 5.66 Å². The van der Waals surface area contributed by atoms with E-state index in [1.807, 2.05) is 0 Å². The highest BCUT2D eigenvalue weighted by Gasteiger charge is 2.29. The summed E-state index contributed by atoms with van der Waals surface area (Å²) in [6, 6.07) is 6.41. The van der Waals surface area contributed by atoms with Crippen LogP contribution < -0.4 is 10.6 Å². The highest BCUT2D eigenvalue weighted by Crippen LogP contribution is 2.30. The van der Waals surface area contributed by atoms with E-state index in [9.17, 15) is 0 Å². The third kappa shape index (κ3) is 2.04. The van der Waals surface area contributed by atoms with Gasteiger partial charge in [-0.1, -0.05) is 29.8 Å². The molecule has 1 aliphatic heterocycles. The minimum absolute atomic E-state index is 0.0842. The van der Waals surface area contributed by atoms with Crippen LogP contribution in [0.2, 0.25) is 0 Å². The third-order valence-electron chi connectivity index (χ3n) is 3.27. The number of hydrogen-bond acceptors (Lipinski definition) is 2. The molecule has 0 spiro atoms. The van der Waals surface area contributed by atoms with Gasteiger partial charge in [0.2, 0.25) is 0 Å². The summed E-state index contributed by atoms with van der Waals surface area (Å²) in [4.78, 5) is 0. The zero-order valence-corrected chi connectivity index (χ0v) is 10.8. The van der Waals surface area contributed by atoms with E-state index in [1.54, 1.807) is 0 Å². The summed E-state index contributed by atoms with van der Waals surface area (Å²) in [5.74, 6) is 0. The van der Waals surface area contributed by atoms with Crippen molar-refractivity contribution in [2.24, 2.45) is 0 Å². The summed E-state index contributed by atoms with van der Waals surface area (Å²) in [6.07, 6.45) is 2.19. The molecule has 0 aliphatic carbocycles. The fourth-order valence-electron chi connectivity index (χ4n) is 2.07. The molecule has 0 atom stereocenters. The number of rotatable bonds is 2. The van der Waals surface area contributed by atoms with E-state index in [0.29, 0.717) is 0 Å². The maximum absolute atomic E-state index is 3.61. The average Bonchev–Trinajstić information content (AvgIpc) is 2.28. The lowest BCUT2D eigenvalue weighted by Crippen LogP contribution is -2.53. The van der Waals surface area contributed by atoms with Crippen molar-refractivity contribution < 1.29 is 0 Å². The Morgan fingerprint density at radius 3 is 2.73 bits per heavy atom. The summed E-state index contributed by atoms with van der Waals surface area (Å²) < 4.78 is 1.14. The van der Waals surface area contributed by atoms with Gasteiger partial charge in [0.25, 0.3) is 0 Å². The van der Waals surface area contributed by atoms with Crippen molar-refractivity contribution in [1.82, 2.24) is 5.32 Å². The van der Waals surface area contributed by atoms with Crippen LogP contribution in [0.4, 0.5) is 5.69 Å². The van der Waals surface area contributed by atoms with E-state index < -0.39 is 0 Å². The minimum atomic E-state index is 0.0842. The predicted octanol–water partition coefficient (Wildman–Crippen LogP) is 3.48. The van der Waals surface area contributed by atoms with Gasteiger partial charge in [0, 0.05) is 16.7 Å². The zero-order chi connectivity index (χ0) is 10.9. The van der Waals surface area contributed by atoms with Crippen molar-refractivity contribution in [2.45, 2.75) is 38.9 Å². The number of fused-ring (bicyclic) bond motifs is 1. The molecule has 0 radical (unpaired) electrons. The van der Waals surface area contributed by atoms with Gasteiger partial charge >= 0.3 is 0 Å². The number of nitrogens with one attached hydrogen (secondary N) is 2. The van der Waals surface area contributed by atoms with Crippen LogP contribution in [-0.2, 0) is 6.54 Å². The van der Waals surface area contributed by atoms with Crippen LogP contribution in [0, 0.1) is 0 Å². The molecule has 0 saturated heterocycles. The first-order chi connectivity index (χ1) is 7.19. The van der Waals surface area contributed by atoms with Gasteiger partial charge in [-0.05, 0) is 36.6 Å². The first-order valence-electron chi connectivity index (χ1n) is 5.51.